The average Bonchev–Trinajstić information content (AvgIpc) is 2.44. The molecule has 4 nitrogen and oxygen atoms in total. The van der Waals surface area contributed by atoms with E-state index in [4.69, 9.17) is 0 Å². The van der Waals surface area contributed by atoms with Crippen molar-refractivity contribution >= 4 is 17.5 Å². The smallest absolute Gasteiger partial charge is 0.223 e. The number of Topliss-reactive ketones (excluding diaryl/α,β-unsaturated/α-hetero) is 2. The lowest BCUT2D eigenvalue weighted by Gasteiger charge is -2.35. The first-order chi connectivity index (χ1) is 9.18. The number of rotatable bonds is 1. The normalized spacial score (nSPS) is 23.5. The summed E-state index contributed by atoms with van der Waals surface area (Å²) in [6.07, 6.45) is 2.40. The first-order valence-electron chi connectivity index (χ1n) is 6.64. The molecule has 1 heterocycles. The van der Waals surface area contributed by atoms with Crippen molar-refractivity contribution in [3.8, 4) is 0 Å². The number of nitrogens with zero attached hydrogens (tertiary/aromatic N) is 1. The zero-order valence-corrected chi connectivity index (χ0v) is 10.6. The quantitative estimate of drug-likeness (QED) is 0.771. The zero-order valence-electron chi connectivity index (χ0n) is 10.6. The SMILES string of the molecule is O=C1CC(N2CCCCC2=O)C(=O)c2ccccc21. The Balaban J connectivity index is 1.96. The Hall–Kier alpha value is -1.97. The van der Waals surface area contributed by atoms with Crippen molar-refractivity contribution in [3.05, 3.63) is 35.4 Å². The molecule has 1 fully saturated rings. The second-order valence-corrected chi connectivity index (χ2v) is 5.10. The number of benzene rings is 1. The summed E-state index contributed by atoms with van der Waals surface area (Å²) in [5, 5.41) is 0. The number of ketones is 2. The van der Waals surface area contributed by atoms with Crippen molar-refractivity contribution in [2.75, 3.05) is 6.54 Å². The van der Waals surface area contributed by atoms with Crippen LogP contribution in [0.1, 0.15) is 46.4 Å². The molecule has 1 saturated heterocycles. The van der Waals surface area contributed by atoms with E-state index in [9.17, 15) is 14.4 Å². The molecule has 98 valence electrons. The summed E-state index contributed by atoms with van der Waals surface area (Å²) in [4.78, 5) is 38.1. The van der Waals surface area contributed by atoms with Crippen LogP contribution in [-0.2, 0) is 4.79 Å². The van der Waals surface area contributed by atoms with Crippen LogP contribution in [0.25, 0.3) is 0 Å². The molecular formula is C15H15NO3. The molecule has 1 unspecified atom stereocenters. The molecule has 1 aromatic rings. The predicted octanol–water partition coefficient (Wildman–Crippen LogP) is 1.84. The molecule has 1 aliphatic carbocycles. The Morgan fingerprint density at radius 1 is 1.00 bits per heavy atom. The highest BCUT2D eigenvalue weighted by molar-refractivity contribution is 6.17. The Labute approximate surface area is 111 Å². The molecule has 2 aliphatic rings. The fourth-order valence-electron chi connectivity index (χ4n) is 2.91. The van der Waals surface area contributed by atoms with Crippen LogP contribution >= 0.6 is 0 Å². The summed E-state index contributed by atoms with van der Waals surface area (Å²) in [5.41, 5.74) is 0.954. The van der Waals surface area contributed by atoms with E-state index in [0.29, 0.717) is 24.1 Å². The topological polar surface area (TPSA) is 54.5 Å². The van der Waals surface area contributed by atoms with Gasteiger partial charge in [-0.15, -0.1) is 0 Å². The Morgan fingerprint density at radius 2 is 1.74 bits per heavy atom. The molecule has 0 spiro atoms. The van der Waals surface area contributed by atoms with Gasteiger partial charge >= 0.3 is 0 Å². The molecule has 0 saturated carbocycles. The third kappa shape index (κ3) is 1.97. The highest BCUT2D eigenvalue weighted by Gasteiger charge is 2.38. The van der Waals surface area contributed by atoms with E-state index in [0.717, 1.165) is 12.8 Å². The van der Waals surface area contributed by atoms with Gasteiger partial charge in [-0.25, -0.2) is 0 Å². The monoisotopic (exact) mass is 257 g/mol. The Kier molecular flexibility index (Phi) is 2.93. The van der Waals surface area contributed by atoms with Gasteiger partial charge in [-0.3, -0.25) is 14.4 Å². The molecule has 0 N–H and O–H groups in total. The highest BCUT2D eigenvalue weighted by Crippen LogP contribution is 2.26. The number of hydrogen-bond acceptors (Lipinski definition) is 3. The number of hydrogen-bond donors (Lipinski definition) is 0. The largest absolute Gasteiger partial charge is 0.332 e. The molecule has 1 atom stereocenters. The summed E-state index contributed by atoms with van der Waals surface area (Å²) >= 11 is 0. The van der Waals surface area contributed by atoms with Crippen LogP contribution < -0.4 is 0 Å². The molecular weight excluding hydrogens is 242 g/mol. The Bertz CT molecular complexity index is 564. The fraction of sp³-hybridized carbons (Fsp3) is 0.400. The van der Waals surface area contributed by atoms with Gasteiger partial charge in [0.15, 0.2) is 11.6 Å². The van der Waals surface area contributed by atoms with Crippen LogP contribution in [0.15, 0.2) is 24.3 Å². The van der Waals surface area contributed by atoms with Crippen molar-refractivity contribution in [1.29, 1.82) is 0 Å². The van der Waals surface area contributed by atoms with Gasteiger partial charge in [0.1, 0.15) is 6.04 Å². The minimum atomic E-state index is -0.588. The molecule has 1 aliphatic heterocycles. The van der Waals surface area contributed by atoms with Crippen molar-refractivity contribution in [2.45, 2.75) is 31.7 Å². The summed E-state index contributed by atoms with van der Waals surface area (Å²) in [6.45, 7) is 0.588. The molecule has 1 amide bonds. The summed E-state index contributed by atoms with van der Waals surface area (Å²) in [5.74, 6) is -0.138. The first-order valence-corrected chi connectivity index (χ1v) is 6.64. The minimum Gasteiger partial charge on any atom is -0.332 e. The maximum absolute atomic E-state index is 12.5. The third-order valence-corrected chi connectivity index (χ3v) is 3.91. The van der Waals surface area contributed by atoms with Gasteiger partial charge in [0.05, 0.1) is 0 Å². The summed E-state index contributed by atoms with van der Waals surface area (Å²) in [6, 6.07) is 6.29. The van der Waals surface area contributed by atoms with Crippen LogP contribution in [0.2, 0.25) is 0 Å². The van der Waals surface area contributed by atoms with E-state index in [2.05, 4.69) is 0 Å². The van der Waals surface area contributed by atoms with Crippen LogP contribution in [0.3, 0.4) is 0 Å². The fourth-order valence-corrected chi connectivity index (χ4v) is 2.91. The second-order valence-electron chi connectivity index (χ2n) is 5.10. The number of carbonyl (C=O) groups is 3. The van der Waals surface area contributed by atoms with Gasteiger partial charge < -0.3 is 4.90 Å². The van der Waals surface area contributed by atoms with Crippen molar-refractivity contribution in [3.63, 3.8) is 0 Å². The molecule has 19 heavy (non-hydrogen) atoms. The van der Waals surface area contributed by atoms with Crippen LogP contribution in [0.5, 0.6) is 0 Å². The third-order valence-electron chi connectivity index (χ3n) is 3.91. The van der Waals surface area contributed by atoms with Gasteiger partial charge in [-0.05, 0) is 12.8 Å². The minimum absolute atomic E-state index is 0.00298. The number of likely N-dealkylation sites (tertiary alicyclic amines) is 1. The van der Waals surface area contributed by atoms with E-state index in [1.807, 2.05) is 0 Å². The van der Waals surface area contributed by atoms with Crippen molar-refractivity contribution < 1.29 is 14.4 Å². The number of amides is 1. The van der Waals surface area contributed by atoms with E-state index in [1.165, 1.54) is 0 Å². The lowest BCUT2D eigenvalue weighted by molar-refractivity contribution is -0.134. The van der Waals surface area contributed by atoms with Gasteiger partial charge in [-0.1, -0.05) is 24.3 Å². The molecule has 0 bridgehead atoms. The molecule has 0 aromatic heterocycles. The first kappa shape index (κ1) is 12.1. The average molecular weight is 257 g/mol. The molecule has 0 radical (unpaired) electrons. The van der Waals surface area contributed by atoms with E-state index in [1.54, 1.807) is 29.2 Å². The predicted molar refractivity (Wildman–Crippen MR) is 69.1 cm³/mol. The van der Waals surface area contributed by atoms with E-state index >= 15 is 0 Å². The van der Waals surface area contributed by atoms with Crippen LogP contribution in [0, 0.1) is 0 Å². The maximum Gasteiger partial charge on any atom is 0.223 e. The molecule has 1 aromatic carbocycles. The van der Waals surface area contributed by atoms with Gasteiger partial charge in [0.2, 0.25) is 5.91 Å². The summed E-state index contributed by atoms with van der Waals surface area (Å²) < 4.78 is 0. The van der Waals surface area contributed by atoms with E-state index in [-0.39, 0.29) is 23.9 Å². The standard InChI is InChI=1S/C15H15NO3/c17-13-9-12(16-8-4-3-7-14(16)18)15(19)11-6-2-1-5-10(11)13/h1-2,5-6,12H,3-4,7-9H2. The number of piperidine rings is 1. The van der Waals surface area contributed by atoms with E-state index < -0.39 is 6.04 Å². The van der Waals surface area contributed by atoms with Gasteiger partial charge in [0.25, 0.3) is 0 Å². The number of fused-ring (bicyclic) bond motifs is 1. The number of carbonyl (C=O) groups excluding carboxylic acids is 3. The second kappa shape index (κ2) is 4.61. The summed E-state index contributed by atoms with van der Waals surface area (Å²) in [7, 11) is 0. The lowest BCUT2D eigenvalue weighted by atomic mass is 9.84. The van der Waals surface area contributed by atoms with Gasteiger partial charge in [0, 0.05) is 30.5 Å². The Morgan fingerprint density at radius 3 is 2.47 bits per heavy atom. The van der Waals surface area contributed by atoms with Crippen LogP contribution in [0.4, 0.5) is 0 Å². The van der Waals surface area contributed by atoms with Crippen LogP contribution in [-0.4, -0.2) is 35.0 Å². The van der Waals surface area contributed by atoms with Crippen molar-refractivity contribution in [1.82, 2.24) is 4.90 Å². The maximum atomic E-state index is 12.5. The molecule has 4 heteroatoms. The lowest BCUT2D eigenvalue weighted by Crippen LogP contribution is -2.50. The van der Waals surface area contributed by atoms with Crippen molar-refractivity contribution in [2.24, 2.45) is 0 Å². The highest BCUT2D eigenvalue weighted by atomic mass is 16.2. The molecule has 3 rings (SSSR count). The zero-order chi connectivity index (χ0) is 13.4. The van der Waals surface area contributed by atoms with Gasteiger partial charge in [-0.2, -0.15) is 0 Å².